The Kier molecular flexibility index (Phi) is 5.56. The van der Waals surface area contributed by atoms with Crippen molar-refractivity contribution in [1.29, 1.82) is 0 Å². The van der Waals surface area contributed by atoms with Crippen molar-refractivity contribution in [3.05, 3.63) is 29.8 Å². The monoisotopic (exact) mass is 334 g/mol. The van der Waals surface area contributed by atoms with Crippen LogP contribution in [0.1, 0.15) is 36.5 Å². The number of benzene rings is 1. The smallest absolute Gasteiger partial charge is 0.325 e. The van der Waals surface area contributed by atoms with Crippen LogP contribution in [-0.2, 0) is 14.3 Å². The molecule has 1 aliphatic rings. The van der Waals surface area contributed by atoms with Gasteiger partial charge < -0.3 is 20.5 Å². The van der Waals surface area contributed by atoms with E-state index in [2.05, 4.69) is 10.6 Å². The Morgan fingerprint density at radius 1 is 1.25 bits per heavy atom. The summed E-state index contributed by atoms with van der Waals surface area (Å²) in [6, 6.07) is 5.39. The van der Waals surface area contributed by atoms with Crippen LogP contribution in [0.25, 0.3) is 0 Å². The van der Waals surface area contributed by atoms with Crippen molar-refractivity contribution in [2.45, 2.75) is 32.2 Å². The fraction of sp³-hybridized carbons (Fsp3) is 0.471. The van der Waals surface area contributed by atoms with Crippen molar-refractivity contribution >= 4 is 23.5 Å². The van der Waals surface area contributed by atoms with Crippen LogP contribution in [0, 0.1) is 5.41 Å². The minimum Gasteiger partial charge on any atom is -0.480 e. The number of carboxylic acid groups (broad SMARTS) is 1. The van der Waals surface area contributed by atoms with Crippen LogP contribution in [0.3, 0.4) is 0 Å². The highest BCUT2D eigenvalue weighted by molar-refractivity contribution is 5.99. The van der Waals surface area contributed by atoms with E-state index in [1.165, 1.54) is 6.92 Å². The van der Waals surface area contributed by atoms with Crippen LogP contribution < -0.4 is 10.6 Å². The second kappa shape index (κ2) is 7.44. The first-order valence-electron chi connectivity index (χ1n) is 7.82. The van der Waals surface area contributed by atoms with Crippen LogP contribution in [0.15, 0.2) is 24.3 Å². The van der Waals surface area contributed by atoms with Gasteiger partial charge in [-0.2, -0.15) is 0 Å². The number of methoxy groups -OCH3 is 1. The molecule has 1 fully saturated rings. The van der Waals surface area contributed by atoms with Gasteiger partial charge in [0.05, 0.1) is 5.41 Å². The molecule has 1 aromatic rings. The molecule has 1 aliphatic carbocycles. The van der Waals surface area contributed by atoms with Gasteiger partial charge in [-0.25, -0.2) is 0 Å². The summed E-state index contributed by atoms with van der Waals surface area (Å²) in [6.07, 6.45) is 2.41. The Bertz CT molecular complexity index is 622. The van der Waals surface area contributed by atoms with Crippen molar-refractivity contribution in [2.75, 3.05) is 19.0 Å². The van der Waals surface area contributed by atoms with Gasteiger partial charge >= 0.3 is 5.97 Å². The molecular formula is C17H22N2O5. The molecule has 0 spiro atoms. The van der Waals surface area contributed by atoms with Crippen LogP contribution >= 0.6 is 0 Å². The van der Waals surface area contributed by atoms with E-state index in [1.54, 1.807) is 31.4 Å². The average Bonchev–Trinajstić information content (AvgIpc) is 3.34. The van der Waals surface area contributed by atoms with Gasteiger partial charge in [0, 0.05) is 25.0 Å². The van der Waals surface area contributed by atoms with E-state index in [0.29, 0.717) is 24.3 Å². The fourth-order valence-electron chi connectivity index (χ4n) is 2.35. The highest BCUT2D eigenvalue weighted by atomic mass is 16.5. The maximum atomic E-state index is 12.3. The number of amides is 2. The minimum atomic E-state index is -1.10. The van der Waals surface area contributed by atoms with Crippen molar-refractivity contribution in [3.63, 3.8) is 0 Å². The second-order valence-corrected chi connectivity index (χ2v) is 6.09. The standard InChI is InChI=1S/C17H22N2O5/c1-11(15(21)22)18-14(20)12-3-5-13(6-4-12)19-16(23)17(7-8-17)9-10-24-2/h3-6,11H,7-10H2,1-2H3,(H,18,20)(H,19,23)(H,21,22). The Balaban J connectivity index is 1.93. The molecule has 1 saturated carbocycles. The number of rotatable bonds is 8. The number of anilines is 1. The predicted molar refractivity (Wildman–Crippen MR) is 87.8 cm³/mol. The van der Waals surface area contributed by atoms with Crippen LogP contribution in [-0.4, -0.2) is 42.6 Å². The SMILES string of the molecule is COCCC1(C(=O)Nc2ccc(C(=O)NC(C)C(=O)O)cc2)CC1. The molecule has 1 unspecified atom stereocenters. The van der Waals surface area contributed by atoms with Crippen molar-refractivity contribution in [3.8, 4) is 0 Å². The predicted octanol–water partition coefficient (Wildman–Crippen LogP) is 1.64. The second-order valence-electron chi connectivity index (χ2n) is 6.09. The average molecular weight is 334 g/mol. The van der Waals surface area contributed by atoms with E-state index in [4.69, 9.17) is 9.84 Å². The molecule has 7 nitrogen and oxygen atoms in total. The largest absolute Gasteiger partial charge is 0.480 e. The lowest BCUT2D eigenvalue weighted by atomic mass is 10.0. The van der Waals surface area contributed by atoms with E-state index in [0.717, 1.165) is 12.8 Å². The summed E-state index contributed by atoms with van der Waals surface area (Å²) in [7, 11) is 1.61. The number of nitrogens with one attached hydrogen (secondary N) is 2. The van der Waals surface area contributed by atoms with Gasteiger partial charge in [0.1, 0.15) is 6.04 Å². The zero-order chi connectivity index (χ0) is 17.7. The lowest BCUT2D eigenvalue weighted by Crippen LogP contribution is -2.38. The quantitative estimate of drug-likeness (QED) is 0.670. The van der Waals surface area contributed by atoms with Gasteiger partial charge in [0.25, 0.3) is 5.91 Å². The molecule has 1 aromatic carbocycles. The fourth-order valence-corrected chi connectivity index (χ4v) is 2.35. The summed E-state index contributed by atoms with van der Waals surface area (Å²) in [5.74, 6) is -1.60. The van der Waals surface area contributed by atoms with E-state index < -0.39 is 17.9 Å². The Labute approximate surface area is 140 Å². The highest BCUT2D eigenvalue weighted by Crippen LogP contribution is 2.49. The molecule has 0 radical (unpaired) electrons. The number of carboxylic acids is 1. The highest BCUT2D eigenvalue weighted by Gasteiger charge is 2.49. The maximum Gasteiger partial charge on any atom is 0.325 e. The molecule has 0 heterocycles. The molecule has 7 heteroatoms. The van der Waals surface area contributed by atoms with Gasteiger partial charge in [-0.05, 0) is 50.5 Å². The summed E-state index contributed by atoms with van der Waals surface area (Å²) in [6.45, 7) is 1.94. The van der Waals surface area contributed by atoms with E-state index in [9.17, 15) is 14.4 Å². The van der Waals surface area contributed by atoms with Gasteiger partial charge in [-0.1, -0.05) is 0 Å². The first-order chi connectivity index (χ1) is 11.4. The van der Waals surface area contributed by atoms with Gasteiger partial charge in [-0.15, -0.1) is 0 Å². The van der Waals surface area contributed by atoms with Crippen molar-refractivity contribution in [2.24, 2.45) is 5.41 Å². The number of hydrogen-bond donors (Lipinski definition) is 3. The zero-order valence-corrected chi connectivity index (χ0v) is 13.8. The number of carbonyl (C=O) groups is 3. The van der Waals surface area contributed by atoms with Crippen LogP contribution in [0.5, 0.6) is 0 Å². The molecule has 2 amide bonds. The van der Waals surface area contributed by atoms with E-state index >= 15 is 0 Å². The van der Waals surface area contributed by atoms with Crippen LogP contribution in [0.2, 0.25) is 0 Å². The third-order valence-electron chi connectivity index (χ3n) is 4.24. The lowest BCUT2D eigenvalue weighted by Gasteiger charge is -2.15. The Hall–Kier alpha value is -2.41. The molecule has 0 saturated heterocycles. The molecule has 0 aliphatic heterocycles. The molecular weight excluding hydrogens is 312 g/mol. The van der Waals surface area contributed by atoms with Crippen LogP contribution in [0.4, 0.5) is 5.69 Å². The molecule has 1 atom stereocenters. The van der Waals surface area contributed by atoms with Crippen molar-refractivity contribution in [1.82, 2.24) is 5.32 Å². The number of ether oxygens (including phenoxy) is 1. The van der Waals surface area contributed by atoms with Crippen molar-refractivity contribution < 1.29 is 24.2 Å². The lowest BCUT2D eigenvalue weighted by molar-refractivity contribution is -0.138. The third kappa shape index (κ3) is 4.32. The zero-order valence-electron chi connectivity index (χ0n) is 13.8. The molecule has 0 bridgehead atoms. The minimum absolute atomic E-state index is 0.0312. The maximum absolute atomic E-state index is 12.3. The first-order valence-corrected chi connectivity index (χ1v) is 7.82. The van der Waals surface area contributed by atoms with E-state index in [1.807, 2.05) is 0 Å². The Morgan fingerprint density at radius 2 is 1.88 bits per heavy atom. The summed E-state index contributed by atoms with van der Waals surface area (Å²) in [5, 5.41) is 14.0. The number of hydrogen-bond acceptors (Lipinski definition) is 4. The van der Waals surface area contributed by atoms with E-state index in [-0.39, 0.29) is 11.3 Å². The molecule has 24 heavy (non-hydrogen) atoms. The summed E-state index contributed by atoms with van der Waals surface area (Å²) in [4.78, 5) is 35.0. The number of carbonyl (C=O) groups excluding carboxylic acids is 2. The summed E-state index contributed by atoms with van der Waals surface area (Å²) < 4.78 is 5.04. The molecule has 3 N–H and O–H groups in total. The molecule has 130 valence electrons. The molecule has 2 rings (SSSR count). The Morgan fingerprint density at radius 3 is 2.38 bits per heavy atom. The van der Waals surface area contributed by atoms with Gasteiger partial charge in [0.15, 0.2) is 0 Å². The third-order valence-corrected chi connectivity index (χ3v) is 4.24. The summed E-state index contributed by atoms with van der Waals surface area (Å²) in [5.41, 5.74) is 0.608. The van der Waals surface area contributed by atoms with Gasteiger partial charge in [0.2, 0.25) is 5.91 Å². The molecule has 0 aromatic heterocycles. The summed E-state index contributed by atoms with van der Waals surface area (Å²) >= 11 is 0. The normalized spacial score (nSPS) is 16.1. The first kappa shape index (κ1) is 17.9. The van der Waals surface area contributed by atoms with Gasteiger partial charge in [-0.3, -0.25) is 14.4 Å². The topological polar surface area (TPSA) is 105 Å². The number of aliphatic carboxylic acids is 1.